The predicted octanol–water partition coefficient (Wildman–Crippen LogP) is 2.76. The van der Waals surface area contributed by atoms with Crippen LogP contribution >= 0.6 is 11.6 Å². The van der Waals surface area contributed by atoms with Crippen molar-refractivity contribution in [2.75, 3.05) is 44.2 Å². The molecule has 0 radical (unpaired) electrons. The zero-order valence-electron chi connectivity index (χ0n) is 19.7. The standard InChI is InChI=1S/C24H31ClN6O3/c1-17-22-18(2)34-28-23(22)24(33)31(27-17)11-4-8-21(32)26-9-5-10-29-12-14-30(15-13-29)20-7-3-6-19(25)16-20/h3,6-7,16H,4-5,8-15H2,1-2H3,(H,26,32). The third-order valence-corrected chi connectivity index (χ3v) is 6.46. The summed E-state index contributed by atoms with van der Waals surface area (Å²) < 4.78 is 6.50. The van der Waals surface area contributed by atoms with Gasteiger partial charge in [0.1, 0.15) is 5.76 Å². The third kappa shape index (κ3) is 5.77. The Hall–Kier alpha value is -2.91. The van der Waals surface area contributed by atoms with Crippen molar-refractivity contribution in [1.29, 1.82) is 0 Å². The number of hydrogen-bond acceptors (Lipinski definition) is 7. The Morgan fingerprint density at radius 2 is 1.94 bits per heavy atom. The van der Waals surface area contributed by atoms with E-state index in [2.05, 4.69) is 31.4 Å². The van der Waals surface area contributed by atoms with E-state index in [9.17, 15) is 9.59 Å². The number of aryl methyl sites for hydroxylation is 3. The van der Waals surface area contributed by atoms with E-state index < -0.39 is 0 Å². The van der Waals surface area contributed by atoms with Crippen LogP contribution in [0.15, 0.2) is 33.6 Å². The van der Waals surface area contributed by atoms with Crippen LogP contribution in [0.4, 0.5) is 5.69 Å². The van der Waals surface area contributed by atoms with E-state index in [4.69, 9.17) is 16.1 Å². The summed E-state index contributed by atoms with van der Waals surface area (Å²) in [6.07, 6.45) is 1.79. The van der Waals surface area contributed by atoms with Gasteiger partial charge in [-0.2, -0.15) is 5.10 Å². The lowest BCUT2D eigenvalue weighted by atomic mass is 10.2. The average molecular weight is 487 g/mol. The van der Waals surface area contributed by atoms with Crippen LogP contribution in [-0.2, 0) is 11.3 Å². The van der Waals surface area contributed by atoms with E-state index >= 15 is 0 Å². The first-order valence-electron chi connectivity index (χ1n) is 11.8. The molecule has 1 aliphatic heterocycles. The molecule has 0 atom stereocenters. The molecule has 3 aromatic rings. The largest absolute Gasteiger partial charge is 0.369 e. The molecule has 1 amide bonds. The number of fused-ring (bicyclic) bond motifs is 1. The molecule has 1 aliphatic rings. The van der Waals surface area contributed by atoms with Gasteiger partial charge in [0.05, 0.1) is 11.1 Å². The molecule has 182 valence electrons. The van der Waals surface area contributed by atoms with Gasteiger partial charge in [-0.3, -0.25) is 14.5 Å². The average Bonchev–Trinajstić information content (AvgIpc) is 3.22. The number of carbonyl (C=O) groups excluding carboxylic acids is 1. The zero-order chi connectivity index (χ0) is 24.1. The molecule has 9 nitrogen and oxygen atoms in total. The van der Waals surface area contributed by atoms with Gasteiger partial charge in [-0.15, -0.1) is 0 Å². The minimum absolute atomic E-state index is 0.00564. The second kappa shape index (κ2) is 11.0. The minimum Gasteiger partial charge on any atom is -0.369 e. The fourth-order valence-corrected chi connectivity index (χ4v) is 4.59. The number of amides is 1. The fraction of sp³-hybridized carbons (Fsp3) is 0.500. The number of hydrogen-bond donors (Lipinski definition) is 1. The Balaban J connectivity index is 1.13. The maximum Gasteiger partial charge on any atom is 0.296 e. The van der Waals surface area contributed by atoms with Gasteiger partial charge in [0.2, 0.25) is 5.91 Å². The molecular formula is C24H31ClN6O3. The summed E-state index contributed by atoms with van der Waals surface area (Å²) in [5, 5.41) is 12.6. The summed E-state index contributed by atoms with van der Waals surface area (Å²) in [4.78, 5) is 29.5. The molecule has 34 heavy (non-hydrogen) atoms. The topological polar surface area (TPSA) is 96.5 Å². The lowest BCUT2D eigenvalue weighted by molar-refractivity contribution is -0.121. The van der Waals surface area contributed by atoms with Crippen LogP contribution in [0.3, 0.4) is 0 Å². The van der Waals surface area contributed by atoms with E-state index in [0.717, 1.165) is 44.2 Å². The van der Waals surface area contributed by atoms with E-state index in [1.54, 1.807) is 6.92 Å². The number of rotatable bonds is 9. The van der Waals surface area contributed by atoms with E-state index in [0.29, 0.717) is 48.3 Å². The Morgan fingerprint density at radius 1 is 1.15 bits per heavy atom. The summed E-state index contributed by atoms with van der Waals surface area (Å²) in [6, 6.07) is 7.98. The molecule has 0 spiro atoms. The smallest absolute Gasteiger partial charge is 0.296 e. The molecule has 0 aliphatic carbocycles. The van der Waals surface area contributed by atoms with Crippen molar-refractivity contribution >= 4 is 34.1 Å². The van der Waals surface area contributed by atoms with Crippen molar-refractivity contribution in [2.24, 2.45) is 0 Å². The van der Waals surface area contributed by atoms with Crippen molar-refractivity contribution in [2.45, 2.75) is 39.7 Å². The second-order valence-electron chi connectivity index (χ2n) is 8.69. The van der Waals surface area contributed by atoms with Crippen molar-refractivity contribution in [3.63, 3.8) is 0 Å². The van der Waals surface area contributed by atoms with Crippen LogP contribution in [0.1, 0.15) is 30.7 Å². The highest BCUT2D eigenvalue weighted by molar-refractivity contribution is 6.30. The van der Waals surface area contributed by atoms with Gasteiger partial charge in [0.25, 0.3) is 5.56 Å². The number of nitrogens with zero attached hydrogens (tertiary/aromatic N) is 5. The van der Waals surface area contributed by atoms with E-state index in [1.807, 2.05) is 25.1 Å². The molecule has 10 heteroatoms. The summed E-state index contributed by atoms with van der Waals surface area (Å²) in [6.45, 7) is 9.50. The lowest BCUT2D eigenvalue weighted by Crippen LogP contribution is -2.47. The molecule has 1 N–H and O–H groups in total. The van der Waals surface area contributed by atoms with Gasteiger partial charge < -0.3 is 14.7 Å². The molecular weight excluding hydrogens is 456 g/mol. The van der Waals surface area contributed by atoms with Crippen LogP contribution in [-0.4, -0.2) is 65.0 Å². The first-order chi connectivity index (χ1) is 16.4. The number of anilines is 1. The van der Waals surface area contributed by atoms with Crippen molar-refractivity contribution < 1.29 is 9.32 Å². The molecule has 0 saturated carbocycles. The second-order valence-corrected chi connectivity index (χ2v) is 9.13. The summed E-state index contributed by atoms with van der Waals surface area (Å²) in [7, 11) is 0. The first-order valence-corrected chi connectivity index (χ1v) is 12.1. The fourth-order valence-electron chi connectivity index (χ4n) is 4.41. The Labute approximate surface area is 203 Å². The molecule has 0 bridgehead atoms. The molecule has 3 heterocycles. The summed E-state index contributed by atoms with van der Waals surface area (Å²) in [5.41, 5.74) is 1.88. The predicted molar refractivity (Wildman–Crippen MR) is 133 cm³/mol. The SMILES string of the molecule is Cc1nn(CCCC(=O)NCCCN2CCN(c3cccc(Cl)c3)CC2)c(=O)c2noc(C)c12. The number of nitrogens with one attached hydrogen (secondary N) is 1. The molecule has 2 aromatic heterocycles. The van der Waals surface area contributed by atoms with Gasteiger partial charge >= 0.3 is 0 Å². The maximum atomic E-state index is 12.5. The van der Waals surface area contributed by atoms with Gasteiger partial charge in [-0.05, 0) is 51.4 Å². The monoisotopic (exact) mass is 486 g/mol. The van der Waals surface area contributed by atoms with Crippen LogP contribution in [0.5, 0.6) is 0 Å². The van der Waals surface area contributed by atoms with Crippen LogP contribution < -0.4 is 15.8 Å². The number of piperazine rings is 1. The van der Waals surface area contributed by atoms with Crippen molar-refractivity contribution in [1.82, 2.24) is 25.2 Å². The minimum atomic E-state index is -0.284. The normalized spacial score (nSPS) is 14.6. The quantitative estimate of drug-likeness (QED) is 0.464. The highest BCUT2D eigenvalue weighted by atomic mass is 35.5. The van der Waals surface area contributed by atoms with Crippen molar-refractivity contribution in [3.05, 3.63) is 51.1 Å². The summed E-state index contributed by atoms with van der Waals surface area (Å²) >= 11 is 6.10. The van der Waals surface area contributed by atoms with Gasteiger partial charge in [0.15, 0.2) is 5.52 Å². The van der Waals surface area contributed by atoms with Gasteiger partial charge in [0, 0.05) is 56.4 Å². The number of carbonyl (C=O) groups is 1. The molecule has 1 saturated heterocycles. The highest BCUT2D eigenvalue weighted by Crippen LogP contribution is 2.21. The Bertz CT molecular complexity index is 1200. The molecule has 0 unspecified atom stereocenters. The Kier molecular flexibility index (Phi) is 7.84. The van der Waals surface area contributed by atoms with Crippen LogP contribution in [0.2, 0.25) is 5.02 Å². The van der Waals surface area contributed by atoms with Crippen LogP contribution in [0.25, 0.3) is 10.9 Å². The maximum absolute atomic E-state index is 12.5. The number of halogens is 1. The molecule has 1 fully saturated rings. The molecule has 4 rings (SSSR count). The molecule has 1 aromatic carbocycles. The Morgan fingerprint density at radius 3 is 2.71 bits per heavy atom. The first kappa shape index (κ1) is 24.2. The third-order valence-electron chi connectivity index (χ3n) is 6.22. The van der Waals surface area contributed by atoms with Gasteiger partial charge in [-0.25, -0.2) is 4.68 Å². The van der Waals surface area contributed by atoms with Crippen LogP contribution in [0, 0.1) is 13.8 Å². The zero-order valence-corrected chi connectivity index (χ0v) is 20.5. The highest BCUT2D eigenvalue weighted by Gasteiger charge is 2.17. The number of benzene rings is 1. The van der Waals surface area contributed by atoms with Crippen molar-refractivity contribution in [3.8, 4) is 0 Å². The van der Waals surface area contributed by atoms with Gasteiger partial charge in [-0.1, -0.05) is 22.8 Å². The summed E-state index contributed by atoms with van der Waals surface area (Å²) in [5.74, 6) is 0.584. The lowest BCUT2D eigenvalue weighted by Gasteiger charge is -2.36. The number of aromatic nitrogens is 3. The van der Waals surface area contributed by atoms with E-state index in [1.165, 1.54) is 10.4 Å². The van der Waals surface area contributed by atoms with E-state index in [-0.39, 0.29) is 11.5 Å².